The van der Waals surface area contributed by atoms with Crippen LogP contribution in [0.3, 0.4) is 0 Å². The molecule has 23 heavy (non-hydrogen) atoms. The molecule has 0 atom stereocenters. The maximum atomic E-state index is 13.4. The Morgan fingerprint density at radius 2 is 1.09 bits per heavy atom. The van der Waals surface area contributed by atoms with Crippen molar-refractivity contribution in [2.24, 2.45) is 0 Å². The third-order valence-corrected chi connectivity index (χ3v) is 2.68. The van der Waals surface area contributed by atoms with Gasteiger partial charge in [-0.1, -0.05) is 0 Å². The molecule has 121 valence electrons. The molecule has 7 heteroatoms. The Morgan fingerprint density at radius 1 is 0.696 bits per heavy atom. The molecule has 0 N–H and O–H groups in total. The maximum Gasteiger partial charge on any atom is 0.658 e. The molecule has 0 fully saturated rings. The van der Waals surface area contributed by atoms with Gasteiger partial charge in [-0.3, -0.25) is 0 Å². The van der Waals surface area contributed by atoms with Crippen LogP contribution in [0, 0.1) is 11.6 Å². The van der Waals surface area contributed by atoms with Crippen LogP contribution in [0.2, 0.25) is 0 Å². The molecule has 0 aliphatic heterocycles. The maximum absolute atomic E-state index is 13.4. The summed E-state index contributed by atoms with van der Waals surface area (Å²) in [5, 5.41) is 0. The fraction of sp³-hybridized carbons (Fsp3) is 0.250. The van der Waals surface area contributed by atoms with E-state index in [-0.39, 0.29) is 11.5 Å². The van der Waals surface area contributed by atoms with Crippen molar-refractivity contribution in [3.63, 3.8) is 0 Å². The van der Waals surface area contributed by atoms with Gasteiger partial charge in [-0.15, -0.1) is 0 Å². The lowest BCUT2D eigenvalue weighted by molar-refractivity contribution is 0.335. The van der Waals surface area contributed by atoms with E-state index in [1.165, 1.54) is 36.4 Å². The quantitative estimate of drug-likeness (QED) is 0.694. The predicted molar refractivity (Wildman–Crippen MR) is 82.1 cm³/mol. The number of rotatable bonds is 8. The van der Waals surface area contributed by atoms with Crippen LogP contribution in [0.25, 0.3) is 0 Å². The molecule has 2 aromatic carbocycles. The first-order valence-electron chi connectivity index (χ1n) is 7.12. The molecule has 0 aliphatic rings. The summed E-state index contributed by atoms with van der Waals surface area (Å²) in [5.41, 5.74) is 0. The first-order chi connectivity index (χ1) is 11.1. The minimum Gasteiger partial charge on any atom is -0.526 e. The van der Waals surface area contributed by atoms with Crippen LogP contribution < -0.4 is 18.8 Å². The molecular formula is C16H16BF2O4. The van der Waals surface area contributed by atoms with Gasteiger partial charge < -0.3 is 18.8 Å². The minimum atomic E-state index is -0.497. The van der Waals surface area contributed by atoms with Crippen molar-refractivity contribution >= 4 is 7.69 Å². The van der Waals surface area contributed by atoms with Crippen LogP contribution in [0.5, 0.6) is 23.0 Å². The minimum absolute atomic E-state index is 0.204. The molecule has 0 bridgehead atoms. The van der Waals surface area contributed by atoms with Crippen LogP contribution in [0.4, 0.5) is 8.78 Å². The number of hydrogen-bond donors (Lipinski definition) is 0. The number of hydrogen-bond acceptors (Lipinski definition) is 4. The van der Waals surface area contributed by atoms with Gasteiger partial charge in [-0.05, 0) is 13.8 Å². The van der Waals surface area contributed by atoms with Crippen LogP contribution in [-0.2, 0) is 0 Å². The summed E-state index contributed by atoms with van der Waals surface area (Å²) in [6.07, 6.45) is 0. The largest absolute Gasteiger partial charge is 0.658 e. The van der Waals surface area contributed by atoms with Crippen LogP contribution in [0.1, 0.15) is 13.8 Å². The first kappa shape index (κ1) is 16.9. The van der Waals surface area contributed by atoms with Crippen molar-refractivity contribution in [3.05, 3.63) is 48.0 Å². The molecule has 2 rings (SSSR count). The zero-order valence-corrected chi connectivity index (χ0v) is 12.8. The Morgan fingerprint density at radius 3 is 1.48 bits per heavy atom. The van der Waals surface area contributed by atoms with E-state index in [4.69, 9.17) is 18.8 Å². The summed E-state index contributed by atoms with van der Waals surface area (Å²) in [7, 11) is 0.981. The smallest absolute Gasteiger partial charge is 0.526 e. The zero-order valence-electron chi connectivity index (χ0n) is 12.8. The molecule has 0 amide bonds. The number of ether oxygens (including phenoxy) is 2. The molecule has 1 radical (unpaired) electrons. The Balaban J connectivity index is 1.97. The highest BCUT2D eigenvalue weighted by Gasteiger charge is 2.08. The highest BCUT2D eigenvalue weighted by atomic mass is 19.1. The van der Waals surface area contributed by atoms with Gasteiger partial charge >= 0.3 is 7.69 Å². The van der Waals surface area contributed by atoms with E-state index in [1.807, 2.05) is 0 Å². The van der Waals surface area contributed by atoms with Gasteiger partial charge in [-0.25, -0.2) is 8.78 Å². The average molecular weight is 321 g/mol. The van der Waals surface area contributed by atoms with Crippen LogP contribution in [0.15, 0.2) is 36.4 Å². The summed E-state index contributed by atoms with van der Waals surface area (Å²) in [6, 6.07) is 7.89. The van der Waals surface area contributed by atoms with Gasteiger partial charge in [0.15, 0.2) is 0 Å². The molecule has 0 unspecified atom stereocenters. The van der Waals surface area contributed by atoms with Crippen molar-refractivity contribution in [1.82, 2.24) is 0 Å². The second kappa shape index (κ2) is 8.26. The molecule has 0 saturated heterocycles. The standard InChI is InChI=1S/C16H16BF2O4/c1-3-20-13-5-11(18)7-15(9-13)22-17-23-16-8-12(19)6-14(10-16)21-4-2/h5-10H,3-4H2,1-2H3. The van der Waals surface area contributed by atoms with E-state index >= 15 is 0 Å². The van der Waals surface area contributed by atoms with Gasteiger partial charge in [0.05, 0.1) is 13.2 Å². The molecule has 0 aliphatic carbocycles. The van der Waals surface area contributed by atoms with E-state index < -0.39 is 11.6 Å². The van der Waals surface area contributed by atoms with E-state index in [0.29, 0.717) is 24.7 Å². The predicted octanol–water partition coefficient (Wildman–Crippen LogP) is 3.75. The van der Waals surface area contributed by atoms with Crippen molar-refractivity contribution in [2.45, 2.75) is 13.8 Å². The van der Waals surface area contributed by atoms with Gasteiger partial charge in [0.1, 0.15) is 34.6 Å². The van der Waals surface area contributed by atoms with E-state index in [9.17, 15) is 8.78 Å². The topological polar surface area (TPSA) is 36.9 Å². The van der Waals surface area contributed by atoms with Crippen molar-refractivity contribution in [1.29, 1.82) is 0 Å². The summed E-state index contributed by atoms with van der Waals surface area (Å²) in [4.78, 5) is 0. The Kier molecular flexibility index (Phi) is 6.08. The summed E-state index contributed by atoms with van der Waals surface area (Å²) < 4.78 is 47.6. The molecule has 0 heterocycles. The van der Waals surface area contributed by atoms with Crippen LogP contribution in [-0.4, -0.2) is 20.9 Å². The van der Waals surface area contributed by atoms with Crippen molar-refractivity contribution in [3.8, 4) is 23.0 Å². The van der Waals surface area contributed by atoms with Gasteiger partial charge in [-0.2, -0.15) is 0 Å². The Bertz CT molecular complexity index is 596. The highest BCUT2D eigenvalue weighted by Crippen LogP contribution is 2.24. The average Bonchev–Trinajstić information content (AvgIpc) is 2.47. The van der Waals surface area contributed by atoms with E-state index in [2.05, 4.69) is 0 Å². The second-order valence-corrected chi connectivity index (χ2v) is 4.44. The molecule has 4 nitrogen and oxygen atoms in total. The first-order valence-corrected chi connectivity index (χ1v) is 7.12. The van der Waals surface area contributed by atoms with E-state index in [1.54, 1.807) is 13.8 Å². The fourth-order valence-corrected chi connectivity index (χ4v) is 1.85. The summed E-state index contributed by atoms with van der Waals surface area (Å²) in [6.45, 7) is 4.40. The third-order valence-electron chi connectivity index (χ3n) is 2.68. The van der Waals surface area contributed by atoms with Gasteiger partial charge in [0, 0.05) is 36.4 Å². The Labute approximate surface area is 134 Å². The summed E-state index contributed by atoms with van der Waals surface area (Å²) >= 11 is 0. The number of halogens is 2. The molecule has 0 aromatic heterocycles. The van der Waals surface area contributed by atoms with E-state index in [0.717, 1.165) is 7.69 Å². The molecule has 0 spiro atoms. The highest BCUT2D eigenvalue weighted by molar-refractivity contribution is 6.20. The molecule has 0 saturated carbocycles. The SMILES string of the molecule is CCOc1cc(F)cc(O[B]Oc2cc(F)cc(OCC)c2)c1. The van der Waals surface area contributed by atoms with Gasteiger partial charge in [0.25, 0.3) is 0 Å². The lowest BCUT2D eigenvalue weighted by Gasteiger charge is -2.10. The lowest BCUT2D eigenvalue weighted by atomic mass is 10.2. The molecule has 2 aromatic rings. The summed E-state index contributed by atoms with van der Waals surface area (Å²) in [5.74, 6) is 0.109. The van der Waals surface area contributed by atoms with Crippen molar-refractivity contribution < 1.29 is 27.6 Å². The normalized spacial score (nSPS) is 10.1. The van der Waals surface area contributed by atoms with Crippen LogP contribution >= 0.6 is 0 Å². The van der Waals surface area contributed by atoms with Crippen molar-refractivity contribution in [2.75, 3.05) is 13.2 Å². The zero-order chi connectivity index (χ0) is 16.7. The Hall–Kier alpha value is -2.44. The fourth-order valence-electron chi connectivity index (χ4n) is 1.85. The molecular weight excluding hydrogens is 305 g/mol. The lowest BCUT2D eigenvalue weighted by Crippen LogP contribution is -2.11. The third kappa shape index (κ3) is 5.36. The monoisotopic (exact) mass is 321 g/mol. The number of benzene rings is 2. The second-order valence-electron chi connectivity index (χ2n) is 4.44. The van der Waals surface area contributed by atoms with Gasteiger partial charge in [0.2, 0.25) is 0 Å².